The van der Waals surface area contributed by atoms with Gasteiger partial charge in [0.2, 0.25) is 0 Å². The SMILES string of the molecule is CCCOCCOCCOCCOCCOCCOSc1ccc(C)cc1. The Bertz CT molecular complexity index is 429. The predicted molar refractivity (Wildman–Crippen MR) is 107 cm³/mol. The molecule has 0 unspecified atom stereocenters. The molecular weight excluding hydrogens is 368 g/mol. The van der Waals surface area contributed by atoms with Gasteiger partial charge in [0, 0.05) is 23.5 Å². The van der Waals surface area contributed by atoms with Gasteiger partial charge in [-0.3, -0.25) is 0 Å². The average Bonchev–Trinajstić information content (AvgIpc) is 2.68. The van der Waals surface area contributed by atoms with Crippen LogP contribution in [0, 0.1) is 6.92 Å². The lowest BCUT2D eigenvalue weighted by atomic mass is 10.2. The van der Waals surface area contributed by atoms with Crippen LogP contribution < -0.4 is 0 Å². The van der Waals surface area contributed by atoms with Gasteiger partial charge >= 0.3 is 0 Å². The van der Waals surface area contributed by atoms with Crippen LogP contribution in [-0.2, 0) is 27.9 Å². The second kappa shape index (κ2) is 18.7. The first-order chi connectivity index (χ1) is 13.3. The van der Waals surface area contributed by atoms with Gasteiger partial charge in [-0.2, -0.15) is 0 Å². The van der Waals surface area contributed by atoms with E-state index in [0.29, 0.717) is 66.1 Å². The second-order valence-corrected chi connectivity index (χ2v) is 6.65. The van der Waals surface area contributed by atoms with Crippen LogP contribution in [0.1, 0.15) is 18.9 Å². The maximum Gasteiger partial charge on any atom is 0.0852 e. The van der Waals surface area contributed by atoms with Gasteiger partial charge in [-0.25, -0.2) is 0 Å². The Balaban J connectivity index is 1.71. The molecule has 0 heterocycles. The summed E-state index contributed by atoms with van der Waals surface area (Å²) in [6, 6.07) is 8.23. The van der Waals surface area contributed by atoms with E-state index in [4.69, 9.17) is 27.9 Å². The molecule has 0 aromatic heterocycles. The summed E-state index contributed by atoms with van der Waals surface area (Å²) in [5, 5.41) is 0. The van der Waals surface area contributed by atoms with Crippen LogP contribution in [0.3, 0.4) is 0 Å². The summed E-state index contributed by atoms with van der Waals surface area (Å²) in [6.45, 7) is 10.7. The summed E-state index contributed by atoms with van der Waals surface area (Å²) >= 11 is 1.37. The molecule has 6 nitrogen and oxygen atoms in total. The van der Waals surface area contributed by atoms with E-state index in [9.17, 15) is 0 Å². The Labute approximate surface area is 168 Å². The molecule has 0 atom stereocenters. The van der Waals surface area contributed by atoms with Gasteiger partial charge in [-0.05, 0) is 25.5 Å². The van der Waals surface area contributed by atoms with Gasteiger partial charge in [0.15, 0.2) is 0 Å². The highest BCUT2D eigenvalue weighted by Gasteiger charge is 1.96. The number of aryl methyl sites for hydroxylation is 1. The van der Waals surface area contributed by atoms with Gasteiger partial charge in [0.25, 0.3) is 0 Å². The first kappa shape index (κ1) is 24.4. The number of rotatable bonds is 19. The van der Waals surface area contributed by atoms with E-state index >= 15 is 0 Å². The summed E-state index contributed by atoms with van der Waals surface area (Å²) in [5.41, 5.74) is 1.24. The molecule has 0 spiro atoms. The van der Waals surface area contributed by atoms with Crippen molar-refractivity contribution in [1.82, 2.24) is 0 Å². The van der Waals surface area contributed by atoms with Crippen LogP contribution in [0.15, 0.2) is 29.2 Å². The van der Waals surface area contributed by atoms with Crippen LogP contribution in [0.2, 0.25) is 0 Å². The van der Waals surface area contributed by atoms with E-state index in [1.54, 1.807) is 0 Å². The van der Waals surface area contributed by atoms with Gasteiger partial charge in [0.05, 0.1) is 66.1 Å². The Hall–Kier alpha value is -0.670. The van der Waals surface area contributed by atoms with Crippen LogP contribution in [0.5, 0.6) is 0 Å². The van der Waals surface area contributed by atoms with Crippen molar-refractivity contribution in [3.63, 3.8) is 0 Å². The Kier molecular flexibility index (Phi) is 16.9. The van der Waals surface area contributed by atoms with Crippen molar-refractivity contribution in [1.29, 1.82) is 0 Å². The van der Waals surface area contributed by atoms with Crippen LogP contribution in [-0.4, -0.2) is 72.7 Å². The number of hydrogen-bond acceptors (Lipinski definition) is 7. The summed E-state index contributed by atoms with van der Waals surface area (Å²) in [4.78, 5) is 1.10. The van der Waals surface area contributed by atoms with E-state index in [0.717, 1.165) is 17.9 Å². The molecule has 7 heteroatoms. The van der Waals surface area contributed by atoms with Crippen LogP contribution in [0.4, 0.5) is 0 Å². The molecule has 0 N–H and O–H groups in total. The highest BCUT2D eigenvalue weighted by atomic mass is 32.2. The number of hydrogen-bond donors (Lipinski definition) is 0. The average molecular weight is 403 g/mol. The fourth-order valence-corrected chi connectivity index (χ4v) is 2.46. The van der Waals surface area contributed by atoms with Crippen molar-refractivity contribution in [2.45, 2.75) is 25.2 Å². The minimum Gasteiger partial charge on any atom is -0.379 e. The third-order valence-electron chi connectivity index (χ3n) is 3.32. The van der Waals surface area contributed by atoms with Gasteiger partial charge in [-0.15, -0.1) is 0 Å². The van der Waals surface area contributed by atoms with Crippen LogP contribution >= 0.6 is 12.0 Å². The molecule has 1 aromatic carbocycles. The quantitative estimate of drug-likeness (QED) is 0.259. The van der Waals surface area contributed by atoms with E-state index in [1.807, 2.05) is 12.1 Å². The van der Waals surface area contributed by atoms with Crippen molar-refractivity contribution in [2.24, 2.45) is 0 Å². The zero-order chi connectivity index (χ0) is 19.4. The molecule has 1 aromatic rings. The first-order valence-electron chi connectivity index (χ1n) is 9.57. The van der Waals surface area contributed by atoms with Crippen LogP contribution in [0.25, 0.3) is 0 Å². The minimum absolute atomic E-state index is 0.547. The molecule has 0 aliphatic carbocycles. The van der Waals surface area contributed by atoms with Gasteiger partial charge in [0.1, 0.15) is 0 Å². The molecule has 1 rings (SSSR count). The lowest BCUT2D eigenvalue weighted by Gasteiger charge is -2.08. The van der Waals surface area contributed by atoms with E-state index in [1.165, 1.54) is 17.6 Å². The van der Waals surface area contributed by atoms with Gasteiger partial charge in [-0.1, -0.05) is 24.6 Å². The molecule has 0 radical (unpaired) electrons. The van der Waals surface area contributed by atoms with E-state index in [-0.39, 0.29) is 0 Å². The zero-order valence-corrected chi connectivity index (χ0v) is 17.5. The molecular formula is C20H34O6S. The standard InChI is InChI=1S/C20H34O6S/c1-3-8-21-9-10-22-11-12-23-13-14-24-15-16-25-17-18-26-27-20-6-4-19(2)5-7-20/h4-7H,3,8-18H2,1-2H3. The number of ether oxygens (including phenoxy) is 5. The fourth-order valence-electron chi connectivity index (χ4n) is 1.92. The Morgan fingerprint density at radius 1 is 0.593 bits per heavy atom. The summed E-state index contributed by atoms with van der Waals surface area (Å²) in [5.74, 6) is 0. The molecule has 0 fully saturated rings. The largest absolute Gasteiger partial charge is 0.379 e. The maximum atomic E-state index is 5.49. The smallest absolute Gasteiger partial charge is 0.0852 e. The monoisotopic (exact) mass is 402 g/mol. The molecule has 0 saturated carbocycles. The van der Waals surface area contributed by atoms with Crippen molar-refractivity contribution < 1.29 is 27.9 Å². The topological polar surface area (TPSA) is 55.4 Å². The normalized spacial score (nSPS) is 11.2. The predicted octanol–water partition coefficient (Wildman–Crippen LogP) is 3.51. The zero-order valence-electron chi connectivity index (χ0n) is 16.7. The highest BCUT2D eigenvalue weighted by Crippen LogP contribution is 2.18. The molecule has 156 valence electrons. The Morgan fingerprint density at radius 3 is 1.44 bits per heavy atom. The van der Waals surface area contributed by atoms with Crippen molar-refractivity contribution in [3.8, 4) is 0 Å². The molecule has 0 aliphatic rings. The molecule has 0 saturated heterocycles. The van der Waals surface area contributed by atoms with E-state index < -0.39 is 0 Å². The Morgan fingerprint density at radius 2 is 1.00 bits per heavy atom. The maximum absolute atomic E-state index is 5.49. The molecule has 0 amide bonds. The van der Waals surface area contributed by atoms with Crippen molar-refractivity contribution >= 4 is 12.0 Å². The minimum atomic E-state index is 0.547. The first-order valence-corrected chi connectivity index (χ1v) is 10.3. The van der Waals surface area contributed by atoms with Gasteiger partial charge < -0.3 is 27.9 Å². The molecule has 27 heavy (non-hydrogen) atoms. The summed E-state index contributed by atoms with van der Waals surface area (Å²) in [7, 11) is 0. The molecule has 0 aliphatic heterocycles. The molecule has 0 bridgehead atoms. The van der Waals surface area contributed by atoms with Crippen molar-refractivity contribution in [3.05, 3.63) is 29.8 Å². The lowest BCUT2D eigenvalue weighted by molar-refractivity contribution is -0.0123. The highest BCUT2D eigenvalue weighted by molar-refractivity contribution is 7.94. The second-order valence-electron chi connectivity index (χ2n) is 5.78. The lowest BCUT2D eigenvalue weighted by Crippen LogP contribution is -2.13. The van der Waals surface area contributed by atoms with Crippen molar-refractivity contribution in [2.75, 3.05) is 72.7 Å². The number of benzene rings is 1. The summed E-state index contributed by atoms with van der Waals surface area (Å²) < 4.78 is 32.5. The van der Waals surface area contributed by atoms with E-state index in [2.05, 4.69) is 26.0 Å². The fraction of sp³-hybridized carbons (Fsp3) is 0.700. The third-order valence-corrected chi connectivity index (χ3v) is 4.07. The summed E-state index contributed by atoms with van der Waals surface area (Å²) in [6.07, 6.45) is 1.04. The third kappa shape index (κ3) is 16.0.